The van der Waals surface area contributed by atoms with Gasteiger partial charge < -0.3 is 4.90 Å². The lowest BCUT2D eigenvalue weighted by Crippen LogP contribution is -2.31. The molecule has 0 aliphatic carbocycles. The molecule has 0 bridgehead atoms. The lowest BCUT2D eigenvalue weighted by molar-refractivity contribution is 0.0770. The summed E-state index contributed by atoms with van der Waals surface area (Å²) in [6.45, 7) is 6.25. The van der Waals surface area contributed by atoms with Gasteiger partial charge in [0, 0.05) is 23.5 Å². The van der Waals surface area contributed by atoms with E-state index in [1.165, 1.54) is 0 Å². The third-order valence-electron chi connectivity index (χ3n) is 4.34. The Bertz CT molecular complexity index is 423. The van der Waals surface area contributed by atoms with E-state index >= 15 is 0 Å². The lowest BCUT2D eigenvalue weighted by atomic mass is 9.82. The summed E-state index contributed by atoms with van der Waals surface area (Å²) >= 11 is 4.24. The van der Waals surface area contributed by atoms with Crippen molar-refractivity contribution in [3.8, 4) is 0 Å². The van der Waals surface area contributed by atoms with E-state index in [0.29, 0.717) is 5.41 Å². The first kappa shape index (κ1) is 13.5. The molecule has 0 aromatic heterocycles. The average molecular weight is 263 g/mol. The maximum atomic E-state index is 12.4. The standard InChI is InChI=1S/C15H21NOS/c1-3-15(4-2)9-10-16(11-15)14(17)12-5-7-13(18)8-6-12/h5-8,18H,3-4,9-11H2,1-2H3. The zero-order chi connectivity index (χ0) is 13.2. The topological polar surface area (TPSA) is 20.3 Å². The summed E-state index contributed by atoms with van der Waals surface area (Å²) in [5.41, 5.74) is 1.12. The molecule has 1 heterocycles. The quantitative estimate of drug-likeness (QED) is 0.826. The number of hydrogen-bond acceptors (Lipinski definition) is 2. The van der Waals surface area contributed by atoms with Crippen LogP contribution in [0, 0.1) is 5.41 Å². The van der Waals surface area contributed by atoms with Crippen molar-refractivity contribution in [1.82, 2.24) is 4.90 Å². The molecule has 0 spiro atoms. The van der Waals surface area contributed by atoms with E-state index in [-0.39, 0.29) is 5.91 Å². The first-order valence-electron chi connectivity index (χ1n) is 6.68. The van der Waals surface area contributed by atoms with E-state index in [4.69, 9.17) is 0 Å². The molecule has 0 radical (unpaired) electrons. The van der Waals surface area contributed by atoms with Crippen molar-refractivity contribution in [2.45, 2.75) is 38.0 Å². The van der Waals surface area contributed by atoms with Crippen LogP contribution in [0.15, 0.2) is 29.2 Å². The van der Waals surface area contributed by atoms with Crippen molar-refractivity contribution in [3.63, 3.8) is 0 Å². The summed E-state index contributed by atoms with van der Waals surface area (Å²) in [7, 11) is 0. The number of carbonyl (C=O) groups is 1. The minimum atomic E-state index is 0.159. The minimum Gasteiger partial charge on any atom is -0.338 e. The van der Waals surface area contributed by atoms with Crippen LogP contribution in [0.1, 0.15) is 43.5 Å². The van der Waals surface area contributed by atoms with Gasteiger partial charge in [0.2, 0.25) is 0 Å². The Morgan fingerprint density at radius 2 is 1.89 bits per heavy atom. The molecule has 0 unspecified atom stereocenters. The molecule has 1 aromatic rings. The number of benzene rings is 1. The molecule has 98 valence electrons. The minimum absolute atomic E-state index is 0.159. The van der Waals surface area contributed by atoms with Gasteiger partial charge >= 0.3 is 0 Å². The van der Waals surface area contributed by atoms with Gasteiger partial charge in [0.05, 0.1) is 0 Å². The predicted molar refractivity (Wildman–Crippen MR) is 77.2 cm³/mol. The molecule has 0 N–H and O–H groups in total. The van der Waals surface area contributed by atoms with Crippen molar-refractivity contribution >= 4 is 18.5 Å². The normalized spacial score (nSPS) is 18.1. The van der Waals surface area contributed by atoms with Crippen molar-refractivity contribution in [2.24, 2.45) is 5.41 Å². The molecular formula is C15H21NOS. The van der Waals surface area contributed by atoms with Gasteiger partial charge in [-0.05, 0) is 48.9 Å². The van der Waals surface area contributed by atoms with Crippen LogP contribution in [0.3, 0.4) is 0 Å². The number of likely N-dealkylation sites (tertiary alicyclic amines) is 1. The lowest BCUT2D eigenvalue weighted by Gasteiger charge is -2.26. The zero-order valence-electron chi connectivity index (χ0n) is 11.1. The van der Waals surface area contributed by atoms with E-state index in [1.807, 2.05) is 29.2 Å². The van der Waals surface area contributed by atoms with E-state index in [1.54, 1.807) is 0 Å². The third kappa shape index (κ3) is 2.56. The highest BCUT2D eigenvalue weighted by Gasteiger charge is 2.37. The van der Waals surface area contributed by atoms with Crippen LogP contribution in [-0.4, -0.2) is 23.9 Å². The van der Waals surface area contributed by atoms with Crippen molar-refractivity contribution in [2.75, 3.05) is 13.1 Å². The maximum absolute atomic E-state index is 12.4. The first-order valence-corrected chi connectivity index (χ1v) is 7.13. The Morgan fingerprint density at radius 3 is 2.39 bits per heavy atom. The number of rotatable bonds is 3. The molecule has 0 atom stereocenters. The Hall–Kier alpha value is -0.960. The van der Waals surface area contributed by atoms with Crippen LogP contribution in [0.25, 0.3) is 0 Å². The molecule has 0 saturated carbocycles. The van der Waals surface area contributed by atoms with Gasteiger partial charge in [-0.1, -0.05) is 13.8 Å². The summed E-state index contributed by atoms with van der Waals surface area (Å²) in [6, 6.07) is 7.48. The van der Waals surface area contributed by atoms with Crippen molar-refractivity contribution in [1.29, 1.82) is 0 Å². The Kier molecular flexibility index (Phi) is 4.00. The molecule has 1 aromatic carbocycles. The smallest absolute Gasteiger partial charge is 0.253 e. The molecule has 3 heteroatoms. The van der Waals surface area contributed by atoms with Crippen LogP contribution >= 0.6 is 12.6 Å². The Balaban J connectivity index is 2.10. The van der Waals surface area contributed by atoms with Crippen molar-refractivity contribution in [3.05, 3.63) is 29.8 Å². The van der Waals surface area contributed by atoms with Gasteiger partial charge in [0.1, 0.15) is 0 Å². The molecule has 18 heavy (non-hydrogen) atoms. The highest BCUT2D eigenvalue weighted by molar-refractivity contribution is 7.80. The van der Waals surface area contributed by atoms with Gasteiger partial charge in [0.25, 0.3) is 5.91 Å². The fraction of sp³-hybridized carbons (Fsp3) is 0.533. The fourth-order valence-electron chi connectivity index (χ4n) is 2.72. The van der Waals surface area contributed by atoms with Crippen LogP contribution in [0.2, 0.25) is 0 Å². The van der Waals surface area contributed by atoms with Crippen LogP contribution in [-0.2, 0) is 0 Å². The summed E-state index contributed by atoms with van der Waals surface area (Å²) in [5.74, 6) is 0.159. The molecule has 1 aliphatic heterocycles. The number of hydrogen-bond donors (Lipinski definition) is 1. The monoisotopic (exact) mass is 263 g/mol. The second kappa shape index (κ2) is 5.35. The summed E-state index contributed by atoms with van der Waals surface area (Å²) in [5, 5.41) is 0. The number of amides is 1. The highest BCUT2D eigenvalue weighted by Crippen LogP contribution is 2.37. The molecule has 1 aliphatic rings. The molecule has 1 amide bonds. The van der Waals surface area contributed by atoms with E-state index in [2.05, 4.69) is 26.5 Å². The van der Waals surface area contributed by atoms with Gasteiger partial charge in [0.15, 0.2) is 0 Å². The highest BCUT2D eigenvalue weighted by atomic mass is 32.1. The first-order chi connectivity index (χ1) is 8.60. The Labute approximate surface area is 115 Å². The van der Waals surface area contributed by atoms with Gasteiger partial charge in [-0.25, -0.2) is 0 Å². The number of carbonyl (C=O) groups excluding carboxylic acids is 1. The second-order valence-corrected chi connectivity index (χ2v) is 5.75. The fourth-order valence-corrected chi connectivity index (χ4v) is 2.87. The zero-order valence-corrected chi connectivity index (χ0v) is 12.0. The predicted octanol–water partition coefficient (Wildman–Crippen LogP) is 3.63. The summed E-state index contributed by atoms with van der Waals surface area (Å²) in [6.07, 6.45) is 3.45. The van der Waals surface area contributed by atoms with Crippen molar-refractivity contribution < 1.29 is 4.79 Å². The van der Waals surface area contributed by atoms with E-state index in [9.17, 15) is 4.79 Å². The Morgan fingerprint density at radius 1 is 1.28 bits per heavy atom. The summed E-state index contributed by atoms with van der Waals surface area (Å²) < 4.78 is 0. The van der Waals surface area contributed by atoms with Crippen LogP contribution < -0.4 is 0 Å². The third-order valence-corrected chi connectivity index (χ3v) is 4.64. The molecule has 1 saturated heterocycles. The number of nitrogens with zero attached hydrogens (tertiary/aromatic N) is 1. The SMILES string of the molecule is CCC1(CC)CCN(C(=O)c2ccc(S)cc2)C1. The van der Waals surface area contributed by atoms with Gasteiger partial charge in [-0.2, -0.15) is 0 Å². The largest absolute Gasteiger partial charge is 0.338 e. The van der Waals surface area contributed by atoms with Crippen LogP contribution in [0.5, 0.6) is 0 Å². The van der Waals surface area contributed by atoms with Gasteiger partial charge in [-0.3, -0.25) is 4.79 Å². The molecule has 2 rings (SSSR count). The second-order valence-electron chi connectivity index (χ2n) is 5.23. The molecular weight excluding hydrogens is 242 g/mol. The maximum Gasteiger partial charge on any atom is 0.253 e. The van der Waals surface area contributed by atoms with Gasteiger partial charge in [-0.15, -0.1) is 12.6 Å². The molecule has 2 nitrogen and oxygen atoms in total. The number of thiol groups is 1. The van der Waals surface area contributed by atoms with Crippen LogP contribution in [0.4, 0.5) is 0 Å². The van der Waals surface area contributed by atoms with E-state index < -0.39 is 0 Å². The summed E-state index contributed by atoms with van der Waals surface area (Å²) in [4.78, 5) is 15.3. The van der Waals surface area contributed by atoms with E-state index in [0.717, 1.165) is 42.8 Å². The molecule has 1 fully saturated rings. The average Bonchev–Trinajstić information content (AvgIpc) is 2.84.